The van der Waals surface area contributed by atoms with Crippen molar-refractivity contribution in [2.24, 2.45) is 13.0 Å². The van der Waals surface area contributed by atoms with E-state index in [0.29, 0.717) is 10.0 Å². The van der Waals surface area contributed by atoms with Crippen LogP contribution in [0.15, 0.2) is 23.4 Å². The predicted octanol–water partition coefficient (Wildman–Crippen LogP) is 5.54. The van der Waals surface area contributed by atoms with Crippen LogP contribution in [0.4, 0.5) is 0 Å². The van der Waals surface area contributed by atoms with Gasteiger partial charge in [-0.05, 0) is 23.6 Å². The number of hydrogen-bond acceptors (Lipinski definition) is 3. The average Bonchev–Trinajstić information content (AvgIpc) is 2.90. The first-order chi connectivity index (χ1) is 11.1. The molecule has 124 valence electrons. The Bertz CT molecular complexity index is 666. The molecule has 1 aliphatic carbocycles. The summed E-state index contributed by atoms with van der Waals surface area (Å²) in [5.41, 5.74) is 1.14. The fourth-order valence-corrected chi connectivity index (χ4v) is 4.27. The van der Waals surface area contributed by atoms with E-state index in [-0.39, 0.29) is 0 Å². The van der Waals surface area contributed by atoms with Crippen LogP contribution in [0.5, 0.6) is 0 Å². The first kappa shape index (κ1) is 17.1. The van der Waals surface area contributed by atoms with Gasteiger partial charge in [0.2, 0.25) is 0 Å². The number of halogens is 2. The zero-order valence-corrected chi connectivity index (χ0v) is 15.6. The topological polar surface area (TPSA) is 30.7 Å². The van der Waals surface area contributed by atoms with Crippen LogP contribution in [0.25, 0.3) is 0 Å². The van der Waals surface area contributed by atoms with Gasteiger partial charge in [-0.3, -0.25) is 0 Å². The van der Waals surface area contributed by atoms with E-state index in [1.54, 1.807) is 11.8 Å². The van der Waals surface area contributed by atoms with Crippen LogP contribution in [-0.2, 0) is 19.2 Å². The minimum Gasteiger partial charge on any atom is -0.309 e. The first-order valence-corrected chi connectivity index (χ1v) is 9.82. The van der Waals surface area contributed by atoms with Gasteiger partial charge < -0.3 is 4.57 Å². The van der Waals surface area contributed by atoms with Crippen molar-refractivity contribution in [1.82, 2.24) is 14.8 Å². The average molecular weight is 370 g/mol. The summed E-state index contributed by atoms with van der Waals surface area (Å²) in [5, 5.41) is 10.9. The van der Waals surface area contributed by atoms with Crippen LogP contribution in [0.3, 0.4) is 0 Å². The Hall–Kier alpha value is -0.710. The largest absolute Gasteiger partial charge is 0.309 e. The Morgan fingerprint density at radius 2 is 1.91 bits per heavy atom. The molecular formula is C17H21Cl2N3S. The van der Waals surface area contributed by atoms with Gasteiger partial charge in [0.15, 0.2) is 5.16 Å². The van der Waals surface area contributed by atoms with E-state index in [2.05, 4.69) is 21.8 Å². The number of rotatable bonds is 5. The van der Waals surface area contributed by atoms with Gasteiger partial charge in [0.25, 0.3) is 0 Å². The first-order valence-electron chi connectivity index (χ1n) is 8.08. The van der Waals surface area contributed by atoms with Crippen molar-refractivity contribution >= 4 is 35.0 Å². The summed E-state index contributed by atoms with van der Waals surface area (Å²) in [6.45, 7) is 0. The number of benzene rings is 1. The smallest absolute Gasteiger partial charge is 0.191 e. The maximum Gasteiger partial charge on any atom is 0.191 e. The molecule has 1 saturated carbocycles. The minimum atomic E-state index is 0.592. The van der Waals surface area contributed by atoms with Crippen LogP contribution < -0.4 is 0 Å². The molecule has 0 saturated heterocycles. The molecule has 1 aromatic carbocycles. The van der Waals surface area contributed by atoms with Gasteiger partial charge >= 0.3 is 0 Å². The molecule has 0 N–H and O–H groups in total. The van der Waals surface area contributed by atoms with Crippen LogP contribution in [-0.4, -0.2) is 14.8 Å². The van der Waals surface area contributed by atoms with Gasteiger partial charge in [-0.1, -0.05) is 73.1 Å². The minimum absolute atomic E-state index is 0.592. The summed E-state index contributed by atoms with van der Waals surface area (Å²) < 4.78 is 2.14. The lowest BCUT2D eigenvalue weighted by atomic mass is 9.87. The van der Waals surface area contributed by atoms with Crippen molar-refractivity contribution < 1.29 is 0 Å². The molecule has 2 aromatic rings. The summed E-state index contributed by atoms with van der Waals surface area (Å²) in [4.78, 5) is 0. The van der Waals surface area contributed by atoms with E-state index >= 15 is 0 Å². The van der Waals surface area contributed by atoms with E-state index < -0.39 is 0 Å². The number of nitrogens with zero attached hydrogens (tertiary/aromatic N) is 3. The molecule has 0 bridgehead atoms. The van der Waals surface area contributed by atoms with Crippen molar-refractivity contribution in [2.45, 2.75) is 49.4 Å². The Morgan fingerprint density at radius 1 is 1.13 bits per heavy atom. The number of hydrogen-bond donors (Lipinski definition) is 0. The lowest BCUT2D eigenvalue weighted by Gasteiger charge is -2.20. The van der Waals surface area contributed by atoms with Crippen molar-refractivity contribution in [3.05, 3.63) is 39.6 Å². The van der Waals surface area contributed by atoms with E-state index in [1.165, 1.54) is 32.1 Å². The second-order valence-electron chi connectivity index (χ2n) is 6.20. The maximum atomic E-state index is 6.07. The summed E-state index contributed by atoms with van der Waals surface area (Å²) in [6.07, 6.45) is 7.83. The summed E-state index contributed by atoms with van der Waals surface area (Å²) >= 11 is 13.7. The standard InChI is InChI=1S/C17H21Cl2N3S/c1-22-16(10-12-5-3-2-4-6-12)20-21-17(22)23-11-13-7-8-14(18)15(19)9-13/h7-9,12H,2-6,10-11H2,1H3. The molecule has 0 amide bonds. The monoisotopic (exact) mass is 369 g/mol. The van der Waals surface area contributed by atoms with Crippen molar-refractivity contribution in [2.75, 3.05) is 0 Å². The molecule has 3 nitrogen and oxygen atoms in total. The van der Waals surface area contributed by atoms with Gasteiger partial charge in [-0.25, -0.2) is 0 Å². The van der Waals surface area contributed by atoms with Gasteiger partial charge in [0.05, 0.1) is 10.0 Å². The van der Waals surface area contributed by atoms with Crippen LogP contribution in [0.1, 0.15) is 43.5 Å². The molecule has 0 spiro atoms. The molecule has 1 fully saturated rings. The fourth-order valence-electron chi connectivity index (χ4n) is 3.08. The Labute approximate surface area is 151 Å². The zero-order chi connectivity index (χ0) is 16.2. The molecule has 1 aliphatic rings. The van der Waals surface area contributed by atoms with Gasteiger partial charge in [0, 0.05) is 19.2 Å². The van der Waals surface area contributed by atoms with E-state index in [4.69, 9.17) is 23.2 Å². The fraction of sp³-hybridized carbons (Fsp3) is 0.529. The highest BCUT2D eigenvalue weighted by Crippen LogP contribution is 2.29. The second kappa shape index (κ2) is 7.91. The molecule has 0 unspecified atom stereocenters. The van der Waals surface area contributed by atoms with Crippen molar-refractivity contribution in [1.29, 1.82) is 0 Å². The SMILES string of the molecule is Cn1c(CC2CCCCC2)nnc1SCc1ccc(Cl)c(Cl)c1. The van der Waals surface area contributed by atoms with Crippen LogP contribution in [0, 0.1) is 5.92 Å². The van der Waals surface area contributed by atoms with Crippen molar-refractivity contribution in [3.8, 4) is 0 Å². The maximum absolute atomic E-state index is 6.07. The molecule has 1 heterocycles. The van der Waals surface area contributed by atoms with Gasteiger partial charge in [-0.2, -0.15) is 0 Å². The lowest BCUT2D eigenvalue weighted by Crippen LogP contribution is -2.12. The molecular weight excluding hydrogens is 349 g/mol. The highest BCUT2D eigenvalue weighted by atomic mass is 35.5. The van der Waals surface area contributed by atoms with Gasteiger partial charge in [0.1, 0.15) is 5.82 Å². The third-order valence-corrected chi connectivity index (χ3v) is 6.30. The molecule has 23 heavy (non-hydrogen) atoms. The van der Waals surface area contributed by atoms with E-state index in [0.717, 1.165) is 34.6 Å². The molecule has 0 radical (unpaired) electrons. The third-order valence-electron chi connectivity index (χ3n) is 4.47. The predicted molar refractivity (Wildman–Crippen MR) is 97.3 cm³/mol. The Morgan fingerprint density at radius 3 is 2.65 bits per heavy atom. The molecule has 3 rings (SSSR count). The zero-order valence-electron chi connectivity index (χ0n) is 13.3. The summed E-state index contributed by atoms with van der Waals surface area (Å²) in [5.74, 6) is 2.69. The Kier molecular flexibility index (Phi) is 5.89. The highest BCUT2D eigenvalue weighted by molar-refractivity contribution is 7.98. The summed E-state index contributed by atoms with van der Waals surface area (Å²) in [6, 6.07) is 5.75. The van der Waals surface area contributed by atoms with Crippen LogP contribution >= 0.6 is 35.0 Å². The normalized spacial score (nSPS) is 16.0. The van der Waals surface area contributed by atoms with E-state index in [9.17, 15) is 0 Å². The highest BCUT2D eigenvalue weighted by Gasteiger charge is 2.18. The van der Waals surface area contributed by atoms with E-state index in [1.807, 2.05) is 18.2 Å². The van der Waals surface area contributed by atoms with Crippen LogP contribution in [0.2, 0.25) is 10.0 Å². The molecule has 0 aliphatic heterocycles. The number of thioether (sulfide) groups is 1. The van der Waals surface area contributed by atoms with Crippen molar-refractivity contribution in [3.63, 3.8) is 0 Å². The Balaban J connectivity index is 1.61. The quantitative estimate of drug-likeness (QED) is 0.648. The second-order valence-corrected chi connectivity index (χ2v) is 7.96. The molecule has 1 aromatic heterocycles. The van der Waals surface area contributed by atoms with Gasteiger partial charge in [-0.15, -0.1) is 10.2 Å². The number of aromatic nitrogens is 3. The third kappa shape index (κ3) is 4.43. The molecule has 6 heteroatoms. The molecule has 0 atom stereocenters. The lowest BCUT2D eigenvalue weighted by molar-refractivity contribution is 0.348. The summed E-state index contributed by atoms with van der Waals surface area (Å²) in [7, 11) is 2.06.